The van der Waals surface area contributed by atoms with Crippen molar-refractivity contribution in [2.75, 3.05) is 12.4 Å². The van der Waals surface area contributed by atoms with Crippen LogP contribution < -0.4 is 24.9 Å². The Hall–Kier alpha value is -3.50. The lowest BCUT2D eigenvalue weighted by atomic mass is 9.95. The number of methoxy groups -OCH3 is 1. The largest absolute Gasteiger partial charge is 0.496 e. The van der Waals surface area contributed by atoms with Gasteiger partial charge in [-0.3, -0.25) is 14.2 Å². The lowest BCUT2D eigenvalue weighted by Crippen LogP contribution is -2.41. The second-order valence-corrected chi connectivity index (χ2v) is 11.0. The molecule has 37 heavy (non-hydrogen) atoms. The number of benzene rings is 2. The van der Waals surface area contributed by atoms with E-state index in [2.05, 4.69) is 26.2 Å². The second kappa shape index (κ2) is 9.42. The van der Waals surface area contributed by atoms with E-state index in [4.69, 9.17) is 9.47 Å². The number of carbonyl (C=O) groups is 2. The number of fused-ring (bicyclic) bond motifs is 2. The summed E-state index contributed by atoms with van der Waals surface area (Å²) >= 11 is 4.63. The van der Waals surface area contributed by atoms with Crippen molar-refractivity contribution in [3.63, 3.8) is 0 Å². The number of hydrogen-bond acceptors (Lipinski definition) is 7. The molecule has 2 aliphatic heterocycles. The molecule has 0 saturated carbocycles. The van der Waals surface area contributed by atoms with E-state index in [1.807, 2.05) is 37.3 Å². The average Bonchev–Trinajstić information content (AvgIpc) is 3.32. The first-order valence-corrected chi connectivity index (χ1v) is 13.2. The van der Waals surface area contributed by atoms with Gasteiger partial charge >= 0.3 is 5.97 Å². The third-order valence-electron chi connectivity index (χ3n) is 6.19. The van der Waals surface area contributed by atoms with Crippen LogP contribution in [0, 0.1) is 6.92 Å². The van der Waals surface area contributed by atoms with Gasteiger partial charge in [-0.2, -0.15) is 0 Å². The van der Waals surface area contributed by atoms with Gasteiger partial charge in [-0.25, -0.2) is 9.79 Å². The Kier molecular flexibility index (Phi) is 6.41. The van der Waals surface area contributed by atoms with Gasteiger partial charge in [0.25, 0.3) is 11.5 Å². The highest BCUT2D eigenvalue weighted by molar-refractivity contribution is 9.10. The molecule has 0 radical (unpaired) electrons. The van der Waals surface area contributed by atoms with Crippen LogP contribution in [0.25, 0.3) is 5.57 Å². The molecule has 1 aromatic heterocycles. The number of aromatic nitrogens is 1. The smallest absolute Gasteiger partial charge is 0.338 e. The molecule has 5 rings (SSSR count). The van der Waals surface area contributed by atoms with Gasteiger partial charge in [0, 0.05) is 21.3 Å². The fourth-order valence-corrected chi connectivity index (χ4v) is 6.15. The lowest BCUT2D eigenvalue weighted by Gasteiger charge is -2.26. The maximum Gasteiger partial charge on any atom is 0.338 e. The summed E-state index contributed by atoms with van der Waals surface area (Å²) in [7, 11) is 1.53. The Bertz CT molecular complexity index is 1700. The van der Waals surface area contributed by atoms with Crippen LogP contribution in [0.1, 0.15) is 43.5 Å². The molecule has 190 valence electrons. The number of nitrogens with zero attached hydrogens (tertiary/aromatic N) is 2. The predicted molar refractivity (Wildman–Crippen MR) is 144 cm³/mol. The van der Waals surface area contributed by atoms with Crippen LogP contribution in [0.15, 0.2) is 61.9 Å². The lowest BCUT2D eigenvalue weighted by molar-refractivity contribution is -0.143. The van der Waals surface area contributed by atoms with E-state index in [1.54, 1.807) is 26.8 Å². The number of ether oxygens (including phenoxy) is 2. The number of amides is 1. The van der Waals surface area contributed by atoms with Gasteiger partial charge in [-0.15, -0.1) is 0 Å². The molecule has 0 unspecified atom stereocenters. The molecule has 1 N–H and O–H groups in total. The zero-order valence-electron chi connectivity index (χ0n) is 20.8. The molecular formula is C27H24BrN3O5S. The first kappa shape index (κ1) is 25.2. The number of allylic oxidation sites excluding steroid dienone is 1. The molecule has 0 spiro atoms. The molecule has 3 heterocycles. The van der Waals surface area contributed by atoms with Crippen LogP contribution in [-0.4, -0.2) is 29.7 Å². The molecular weight excluding hydrogens is 558 g/mol. The Labute approximate surface area is 225 Å². The number of aryl methyl sites for hydroxylation is 1. The minimum atomic E-state index is -0.870. The van der Waals surface area contributed by atoms with Crippen LogP contribution in [0.5, 0.6) is 5.75 Å². The van der Waals surface area contributed by atoms with E-state index in [-0.39, 0.29) is 22.1 Å². The fraction of sp³-hybridized carbons (Fsp3) is 0.259. The molecule has 0 fully saturated rings. The van der Waals surface area contributed by atoms with E-state index in [0.29, 0.717) is 38.6 Å². The summed E-state index contributed by atoms with van der Waals surface area (Å²) in [6.45, 7) is 7.17. The van der Waals surface area contributed by atoms with Crippen molar-refractivity contribution in [2.24, 2.45) is 4.99 Å². The van der Waals surface area contributed by atoms with Gasteiger partial charge in [0.15, 0.2) is 4.80 Å². The SMILES string of the molecule is COc1ccc(Br)cc1[C@H]1C(C(=O)OC(C)C)=C(C)N=c2s/c(=C3/C(=O)Nc4ccc(C)cc43)c(=O)n21. The summed E-state index contributed by atoms with van der Waals surface area (Å²) in [5, 5.41) is 2.85. The standard InChI is InChI=1S/C27H24BrN3O5S/c1-12(2)36-26(34)20-14(4)29-27-31(22(20)17-11-15(28)7-9-19(17)35-5)25(33)23(37-27)21-16-10-13(3)6-8-18(16)30-24(21)32/h6-12,22H,1-5H3,(H,30,32)/b23-21+/t22-/m0/s1. The van der Waals surface area contributed by atoms with E-state index < -0.39 is 17.6 Å². The Balaban J connectivity index is 1.85. The molecule has 1 atom stereocenters. The molecule has 0 aliphatic carbocycles. The number of nitrogens with one attached hydrogen (secondary N) is 1. The minimum absolute atomic E-state index is 0.237. The molecule has 2 aromatic carbocycles. The normalized spacial score (nSPS) is 17.8. The zero-order chi connectivity index (χ0) is 26.6. The summed E-state index contributed by atoms with van der Waals surface area (Å²) in [5.74, 6) is -0.422. The fourth-order valence-electron chi connectivity index (χ4n) is 4.63. The molecule has 3 aromatic rings. The van der Waals surface area contributed by atoms with Gasteiger partial charge in [0.05, 0.1) is 30.1 Å². The molecule has 2 aliphatic rings. The summed E-state index contributed by atoms with van der Waals surface area (Å²) in [6, 6.07) is 10.1. The van der Waals surface area contributed by atoms with Crippen molar-refractivity contribution >= 4 is 50.4 Å². The Morgan fingerprint density at radius 2 is 1.92 bits per heavy atom. The average molecular weight is 582 g/mol. The highest BCUT2D eigenvalue weighted by Crippen LogP contribution is 2.38. The van der Waals surface area contributed by atoms with Crippen molar-refractivity contribution < 1.29 is 19.1 Å². The maximum absolute atomic E-state index is 14.1. The highest BCUT2D eigenvalue weighted by atomic mass is 79.9. The third-order valence-corrected chi connectivity index (χ3v) is 7.74. The minimum Gasteiger partial charge on any atom is -0.496 e. The number of esters is 1. The summed E-state index contributed by atoms with van der Waals surface area (Å²) < 4.78 is 13.7. The molecule has 0 bridgehead atoms. The van der Waals surface area contributed by atoms with Gasteiger partial charge in [-0.1, -0.05) is 38.9 Å². The van der Waals surface area contributed by atoms with Crippen LogP contribution in [0.2, 0.25) is 0 Å². The summed E-state index contributed by atoms with van der Waals surface area (Å²) in [5.41, 5.74) is 3.43. The first-order chi connectivity index (χ1) is 17.6. The van der Waals surface area contributed by atoms with Crippen molar-refractivity contribution in [1.29, 1.82) is 0 Å². The van der Waals surface area contributed by atoms with Gasteiger partial charge < -0.3 is 14.8 Å². The highest BCUT2D eigenvalue weighted by Gasteiger charge is 2.37. The van der Waals surface area contributed by atoms with Gasteiger partial charge in [0.1, 0.15) is 16.3 Å². The van der Waals surface area contributed by atoms with E-state index in [0.717, 1.165) is 21.4 Å². The molecule has 8 nitrogen and oxygen atoms in total. The quantitative estimate of drug-likeness (QED) is 0.475. The monoisotopic (exact) mass is 581 g/mol. The van der Waals surface area contributed by atoms with Crippen LogP contribution in [0.4, 0.5) is 5.69 Å². The number of anilines is 1. The van der Waals surface area contributed by atoms with Crippen molar-refractivity contribution in [3.8, 4) is 5.75 Å². The number of carbonyl (C=O) groups excluding carboxylic acids is 2. The van der Waals surface area contributed by atoms with Crippen LogP contribution in [0.3, 0.4) is 0 Å². The number of rotatable bonds is 4. The Morgan fingerprint density at radius 1 is 1.16 bits per heavy atom. The summed E-state index contributed by atoms with van der Waals surface area (Å²) in [4.78, 5) is 45.5. The topological polar surface area (TPSA) is 99.0 Å². The van der Waals surface area contributed by atoms with E-state index in [1.165, 1.54) is 11.7 Å². The van der Waals surface area contributed by atoms with Gasteiger partial charge in [0.2, 0.25) is 0 Å². The third kappa shape index (κ3) is 4.23. The van der Waals surface area contributed by atoms with Crippen LogP contribution >= 0.6 is 27.3 Å². The number of thiazole rings is 1. The molecule has 10 heteroatoms. The second-order valence-electron chi connectivity index (χ2n) is 9.12. The zero-order valence-corrected chi connectivity index (χ0v) is 23.2. The van der Waals surface area contributed by atoms with Crippen molar-refractivity contribution in [3.05, 3.63) is 88.5 Å². The number of hydrogen-bond donors (Lipinski definition) is 1. The van der Waals surface area contributed by atoms with E-state index in [9.17, 15) is 14.4 Å². The molecule has 0 saturated heterocycles. The van der Waals surface area contributed by atoms with Crippen molar-refractivity contribution in [1.82, 2.24) is 4.57 Å². The molecule has 1 amide bonds. The van der Waals surface area contributed by atoms with Crippen molar-refractivity contribution in [2.45, 2.75) is 39.8 Å². The van der Waals surface area contributed by atoms with Crippen LogP contribution in [-0.2, 0) is 14.3 Å². The number of halogens is 1. The Morgan fingerprint density at radius 3 is 2.62 bits per heavy atom. The first-order valence-electron chi connectivity index (χ1n) is 11.6. The van der Waals surface area contributed by atoms with E-state index >= 15 is 0 Å². The van der Waals surface area contributed by atoms with Gasteiger partial charge in [-0.05, 0) is 58.0 Å². The summed E-state index contributed by atoms with van der Waals surface area (Å²) in [6.07, 6.45) is -0.369. The predicted octanol–water partition coefficient (Wildman–Crippen LogP) is 3.59. The maximum atomic E-state index is 14.1.